The molecule has 2 aromatic heterocycles. The Morgan fingerprint density at radius 1 is 1.18 bits per heavy atom. The molecule has 7 nitrogen and oxygen atoms in total. The van der Waals surface area contributed by atoms with E-state index in [1.54, 1.807) is 11.3 Å². The molecule has 178 valence electrons. The molecule has 1 saturated heterocycles. The van der Waals surface area contributed by atoms with Gasteiger partial charge in [-0.05, 0) is 50.8 Å². The van der Waals surface area contributed by atoms with Gasteiger partial charge in [0.15, 0.2) is 5.82 Å². The van der Waals surface area contributed by atoms with Crippen molar-refractivity contribution in [3.63, 3.8) is 0 Å². The number of aromatic nitrogens is 3. The van der Waals surface area contributed by atoms with Crippen LogP contribution in [0, 0.1) is 12.8 Å². The molecule has 3 aliphatic rings. The van der Waals surface area contributed by atoms with E-state index in [0.29, 0.717) is 19.6 Å². The van der Waals surface area contributed by atoms with E-state index in [0.717, 1.165) is 40.1 Å². The standard InChI is InChI=1S/C25H28ClN5O2S/c1-13-11-30(12-14(2)33-13)24(32)16-8-18-20(9-16)34-25-22(18)23(17-6-4-5-7-19(17)26)27-10-21-29-28-15(3)31(21)25/h4-7,13-14,16,23,27H,8-12H2,1-3H3/t13-,14-,16+,23+/m1/s1. The first-order valence-corrected chi connectivity index (χ1v) is 13.1. The fourth-order valence-corrected chi connectivity index (χ4v) is 7.51. The molecule has 4 atom stereocenters. The van der Waals surface area contributed by atoms with E-state index in [1.165, 1.54) is 16.0 Å². The number of morpholine rings is 1. The summed E-state index contributed by atoms with van der Waals surface area (Å²) in [6.45, 7) is 8.00. The van der Waals surface area contributed by atoms with Crippen LogP contribution in [0.5, 0.6) is 0 Å². The molecule has 1 N–H and O–H groups in total. The monoisotopic (exact) mass is 497 g/mol. The Kier molecular flexibility index (Phi) is 5.52. The Bertz CT molecular complexity index is 1260. The summed E-state index contributed by atoms with van der Waals surface area (Å²) in [7, 11) is 0. The summed E-state index contributed by atoms with van der Waals surface area (Å²) >= 11 is 8.45. The number of hydrogen-bond donors (Lipinski definition) is 1. The summed E-state index contributed by atoms with van der Waals surface area (Å²) in [4.78, 5) is 16.8. The molecule has 6 rings (SSSR count). The lowest BCUT2D eigenvalue weighted by Gasteiger charge is -2.36. The molecule has 9 heteroatoms. The number of fused-ring (bicyclic) bond motifs is 5. The summed E-state index contributed by atoms with van der Waals surface area (Å²) < 4.78 is 8.02. The second kappa shape index (κ2) is 8.45. The maximum Gasteiger partial charge on any atom is 0.226 e. The summed E-state index contributed by atoms with van der Waals surface area (Å²) in [6.07, 6.45) is 1.67. The van der Waals surface area contributed by atoms with Gasteiger partial charge in [0.25, 0.3) is 0 Å². The van der Waals surface area contributed by atoms with Crippen LogP contribution in [0.25, 0.3) is 5.00 Å². The lowest BCUT2D eigenvalue weighted by molar-refractivity contribution is -0.147. The van der Waals surface area contributed by atoms with Gasteiger partial charge in [0.2, 0.25) is 5.91 Å². The van der Waals surface area contributed by atoms with Crippen molar-refractivity contribution in [2.75, 3.05) is 13.1 Å². The van der Waals surface area contributed by atoms with Crippen molar-refractivity contribution in [1.82, 2.24) is 25.0 Å². The number of thiophene rings is 1. The van der Waals surface area contributed by atoms with Crippen molar-refractivity contribution in [2.24, 2.45) is 5.92 Å². The van der Waals surface area contributed by atoms with Crippen LogP contribution in [-0.2, 0) is 28.9 Å². The van der Waals surface area contributed by atoms with Gasteiger partial charge in [0.1, 0.15) is 10.8 Å². The first-order valence-electron chi connectivity index (χ1n) is 11.9. The van der Waals surface area contributed by atoms with E-state index < -0.39 is 0 Å². The number of nitrogens with zero attached hydrogens (tertiary/aromatic N) is 4. The normalized spacial score (nSPS) is 26.1. The van der Waals surface area contributed by atoms with Crippen molar-refractivity contribution in [2.45, 2.75) is 58.4 Å². The average Bonchev–Trinajstić information content (AvgIpc) is 3.44. The number of halogens is 1. The van der Waals surface area contributed by atoms with E-state index in [9.17, 15) is 4.79 Å². The van der Waals surface area contributed by atoms with Crippen LogP contribution >= 0.6 is 22.9 Å². The zero-order valence-corrected chi connectivity index (χ0v) is 21.1. The number of benzene rings is 1. The lowest BCUT2D eigenvalue weighted by atomic mass is 9.94. The number of amides is 1. The molecule has 0 bridgehead atoms. The number of nitrogens with one attached hydrogen (secondary N) is 1. The second-order valence-electron chi connectivity index (χ2n) is 9.66. The van der Waals surface area contributed by atoms with Crippen molar-refractivity contribution < 1.29 is 9.53 Å². The second-order valence-corrected chi connectivity index (χ2v) is 11.2. The third-order valence-electron chi connectivity index (χ3n) is 7.14. The van der Waals surface area contributed by atoms with E-state index in [2.05, 4.69) is 26.1 Å². The molecule has 1 aromatic carbocycles. The Morgan fingerprint density at radius 2 is 1.94 bits per heavy atom. The topological polar surface area (TPSA) is 72.3 Å². The molecule has 4 heterocycles. The third-order valence-corrected chi connectivity index (χ3v) is 8.74. The molecule has 0 unspecified atom stereocenters. The maximum atomic E-state index is 13.5. The van der Waals surface area contributed by atoms with Crippen LogP contribution < -0.4 is 5.32 Å². The van der Waals surface area contributed by atoms with Crippen LogP contribution in [-0.4, -0.2) is 50.9 Å². The smallest absolute Gasteiger partial charge is 0.226 e. The molecule has 1 amide bonds. The molecule has 3 aromatic rings. The predicted molar refractivity (Wildman–Crippen MR) is 132 cm³/mol. The number of carbonyl (C=O) groups is 1. The molecular formula is C25H28ClN5O2S. The first-order chi connectivity index (χ1) is 16.4. The van der Waals surface area contributed by atoms with Crippen molar-refractivity contribution in [3.05, 3.63) is 62.5 Å². The fraction of sp³-hybridized carbons (Fsp3) is 0.480. The van der Waals surface area contributed by atoms with E-state index >= 15 is 0 Å². The molecular weight excluding hydrogens is 470 g/mol. The van der Waals surface area contributed by atoms with E-state index in [4.69, 9.17) is 16.3 Å². The van der Waals surface area contributed by atoms with Gasteiger partial charge < -0.3 is 9.64 Å². The van der Waals surface area contributed by atoms with Gasteiger partial charge in [-0.3, -0.25) is 14.7 Å². The molecule has 0 spiro atoms. The maximum absolute atomic E-state index is 13.5. The summed E-state index contributed by atoms with van der Waals surface area (Å²) in [5, 5.41) is 14.3. The Hall–Kier alpha value is -2.26. The Morgan fingerprint density at radius 3 is 2.71 bits per heavy atom. The quantitative estimate of drug-likeness (QED) is 0.582. The van der Waals surface area contributed by atoms with Crippen LogP contribution in [0.1, 0.15) is 53.1 Å². The Labute approximate surface area is 208 Å². The van der Waals surface area contributed by atoms with Gasteiger partial charge in [0.05, 0.1) is 24.8 Å². The van der Waals surface area contributed by atoms with Crippen molar-refractivity contribution >= 4 is 28.8 Å². The van der Waals surface area contributed by atoms with Gasteiger partial charge in [-0.15, -0.1) is 21.5 Å². The van der Waals surface area contributed by atoms with Gasteiger partial charge in [-0.2, -0.15) is 0 Å². The zero-order valence-electron chi connectivity index (χ0n) is 19.5. The number of ether oxygens (including phenoxy) is 1. The fourth-order valence-electron chi connectivity index (χ4n) is 5.75. The minimum absolute atomic E-state index is 0.0272. The highest BCUT2D eigenvalue weighted by Crippen LogP contribution is 2.47. The van der Waals surface area contributed by atoms with Gasteiger partial charge in [-0.1, -0.05) is 29.8 Å². The average molecular weight is 498 g/mol. The van der Waals surface area contributed by atoms with Crippen LogP contribution in [0.4, 0.5) is 0 Å². The first kappa shape index (κ1) is 22.2. The van der Waals surface area contributed by atoms with Gasteiger partial charge in [-0.25, -0.2) is 0 Å². The van der Waals surface area contributed by atoms with Gasteiger partial charge >= 0.3 is 0 Å². The van der Waals surface area contributed by atoms with Crippen LogP contribution in [0.3, 0.4) is 0 Å². The van der Waals surface area contributed by atoms with Crippen molar-refractivity contribution in [3.8, 4) is 5.00 Å². The lowest BCUT2D eigenvalue weighted by Crippen LogP contribution is -2.50. The summed E-state index contributed by atoms with van der Waals surface area (Å²) in [6, 6.07) is 7.94. The molecule has 1 aliphatic carbocycles. The van der Waals surface area contributed by atoms with Crippen LogP contribution in [0.15, 0.2) is 24.3 Å². The highest BCUT2D eigenvalue weighted by Gasteiger charge is 2.40. The molecule has 0 saturated carbocycles. The number of hydrogen-bond acceptors (Lipinski definition) is 6. The van der Waals surface area contributed by atoms with E-state index in [-0.39, 0.29) is 30.1 Å². The SMILES string of the molecule is Cc1nnc2n1-c1sc3c(c1[C@H](c1ccccc1Cl)NC2)C[C@H](C(=O)N1C[C@@H](C)O[C@H](C)C1)C3. The third kappa shape index (κ3) is 3.59. The number of carbonyl (C=O) groups excluding carboxylic acids is 1. The molecule has 0 radical (unpaired) electrons. The molecule has 2 aliphatic heterocycles. The molecule has 34 heavy (non-hydrogen) atoms. The summed E-state index contributed by atoms with van der Waals surface area (Å²) in [5.41, 5.74) is 3.55. The zero-order chi connectivity index (χ0) is 23.6. The largest absolute Gasteiger partial charge is 0.372 e. The van der Waals surface area contributed by atoms with Crippen LogP contribution in [0.2, 0.25) is 5.02 Å². The summed E-state index contributed by atoms with van der Waals surface area (Å²) in [5.74, 6) is 2.00. The highest BCUT2D eigenvalue weighted by atomic mass is 35.5. The molecule has 1 fully saturated rings. The van der Waals surface area contributed by atoms with Gasteiger partial charge in [0, 0.05) is 34.5 Å². The number of rotatable bonds is 2. The van der Waals surface area contributed by atoms with E-state index in [1.807, 2.05) is 43.9 Å². The predicted octanol–water partition coefficient (Wildman–Crippen LogP) is 3.83. The number of aryl methyl sites for hydroxylation is 1. The minimum Gasteiger partial charge on any atom is -0.372 e. The Balaban J connectivity index is 1.40. The minimum atomic E-state index is -0.0675. The van der Waals surface area contributed by atoms with Crippen molar-refractivity contribution in [1.29, 1.82) is 0 Å². The highest BCUT2D eigenvalue weighted by molar-refractivity contribution is 7.15.